The second kappa shape index (κ2) is 6.78. The molecular formula is C14H27N3O2. The fourth-order valence-corrected chi connectivity index (χ4v) is 3.23. The Morgan fingerprint density at radius 2 is 2.00 bits per heavy atom. The van der Waals surface area contributed by atoms with Crippen molar-refractivity contribution in [1.82, 2.24) is 4.90 Å². The smallest absolute Gasteiger partial charge is 0.229 e. The molecule has 0 aromatic heterocycles. The van der Waals surface area contributed by atoms with E-state index in [1.165, 1.54) is 0 Å². The maximum Gasteiger partial charge on any atom is 0.229 e. The van der Waals surface area contributed by atoms with Crippen LogP contribution in [0.4, 0.5) is 0 Å². The van der Waals surface area contributed by atoms with Gasteiger partial charge in [-0.05, 0) is 32.1 Å². The van der Waals surface area contributed by atoms with Gasteiger partial charge in [0.15, 0.2) is 5.84 Å². The van der Waals surface area contributed by atoms with Crippen LogP contribution in [0.15, 0.2) is 5.16 Å². The van der Waals surface area contributed by atoms with E-state index in [-0.39, 0.29) is 23.7 Å². The summed E-state index contributed by atoms with van der Waals surface area (Å²) in [6.45, 7) is 7.06. The van der Waals surface area contributed by atoms with Gasteiger partial charge in [-0.15, -0.1) is 0 Å². The van der Waals surface area contributed by atoms with Crippen LogP contribution in [0.25, 0.3) is 0 Å². The standard InChI is InChI=1S/C14H27N3O2/c1-4-17(10-12(15)16-19)13(18)14(9-11(2)3)7-5-6-8-14/h11,19H,4-10H2,1-3H3,(H2,15,16). The average molecular weight is 269 g/mol. The monoisotopic (exact) mass is 269 g/mol. The summed E-state index contributed by atoms with van der Waals surface area (Å²) < 4.78 is 0. The first-order chi connectivity index (χ1) is 8.95. The zero-order valence-electron chi connectivity index (χ0n) is 12.4. The van der Waals surface area contributed by atoms with Crippen LogP contribution in [0.5, 0.6) is 0 Å². The molecule has 0 aromatic rings. The van der Waals surface area contributed by atoms with E-state index in [1.54, 1.807) is 4.90 Å². The Hall–Kier alpha value is -1.26. The molecule has 1 aliphatic carbocycles. The van der Waals surface area contributed by atoms with Crippen molar-refractivity contribution in [2.45, 2.75) is 52.9 Å². The number of amides is 1. The van der Waals surface area contributed by atoms with E-state index in [2.05, 4.69) is 19.0 Å². The van der Waals surface area contributed by atoms with Crippen molar-refractivity contribution in [3.8, 4) is 0 Å². The highest BCUT2D eigenvalue weighted by atomic mass is 16.4. The molecule has 0 bridgehead atoms. The predicted octanol–water partition coefficient (Wildman–Crippen LogP) is 2.19. The molecular weight excluding hydrogens is 242 g/mol. The molecule has 110 valence electrons. The maximum atomic E-state index is 12.8. The summed E-state index contributed by atoms with van der Waals surface area (Å²) in [5, 5.41) is 11.6. The fraction of sp³-hybridized carbons (Fsp3) is 0.857. The van der Waals surface area contributed by atoms with E-state index in [0.717, 1.165) is 32.1 Å². The first kappa shape index (κ1) is 15.8. The van der Waals surface area contributed by atoms with Gasteiger partial charge in [0.2, 0.25) is 5.91 Å². The Kier molecular flexibility index (Phi) is 5.63. The fourth-order valence-electron chi connectivity index (χ4n) is 3.23. The van der Waals surface area contributed by atoms with Gasteiger partial charge in [0.25, 0.3) is 0 Å². The molecule has 1 aliphatic rings. The van der Waals surface area contributed by atoms with E-state index in [0.29, 0.717) is 12.5 Å². The molecule has 1 rings (SSSR count). The SMILES string of the molecule is CCN(CC(N)=NO)C(=O)C1(CC(C)C)CCCC1. The number of likely N-dealkylation sites (N-methyl/N-ethyl adjacent to an activating group) is 1. The zero-order chi connectivity index (χ0) is 14.5. The third-order valence-electron chi connectivity index (χ3n) is 3.96. The molecule has 1 amide bonds. The summed E-state index contributed by atoms with van der Waals surface area (Å²) in [5.74, 6) is 0.769. The summed E-state index contributed by atoms with van der Waals surface area (Å²) in [6, 6.07) is 0. The first-order valence-corrected chi connectivity index (χ1v) is 7.21. The lowest BCUT2D eigenvalue weighted by Crippen LogP contribution is -2.46. The number of nitrogens with two attached hydrogens (primary N) is 1. The van der Waals surface area contributed by atoms with Gasteiger partial charge in [0.1, 0.15) is 0 Å². The van der Waals surface area contributed by atoms with Crippen LogP contribution in [0.3, 0.4) is 0 Å². The predicted molar refractivity (Wildman–Crippen MR) is 76.0 cm³/mol. The Bertz CT molecular complexity index is 334. The Morgan fingerprint density at radius 1 is 1.42 bits per heavy atom. The molecule has 0 heterocycles. The average Bonchev–Trinajstić information content (AvgIpc) is 2.83. The third kappa shape index (κ3) is 3.85. The summed E-state index contributed by atoms with van der Waals surface area (Å²) in [6.07, 6.45) is 5.12. The zero-order valence-corrected chi connectivity index (χ0v) is 12.4. The Morgan fingerprint density at radius 3 is 2.42 bits per heavy atom. The molecule has 0 spiro atoms. The van der Waals surface area contributed by atoms with Crippen LogP contribution in [0.1, 0.15) is 52.9 Å². The number of carbonyl (C=O) groups excluding carboxylic acids is 1. The highest BCUT2D eigenvalue weighted by Gasteiger charge is 2.43. The van der Waals surface area contributed by atoms with Crippen molar-refractivity contribution in [3.63, 3.8) is 0 Å². The highest BCUT2D eigenvalue weighted by Crippen LogP contribution is 2.44. The Labute approximate surface area is 115 Å². The topological polar surface area (TPSA) is 78.9 Å². The number of rotatable bonds is 6. The van der Waals surface area contributed by atoms with E-state index in [4.69, 9.17) is 10.9 Å². The molecule has 0 aromatic carbocycles. The molecule has 0 atom stereocenters. The van der Waals surface area contributed by atoms with E-state index < -0.39 is 0 Å². The number of carbonyl (C=O) groups is 1. The molecule has 3 N–H and O–H groups in total. The van der Waals surface area contributed by atoms with Gasteiger partial charge >= 0.3 is 0 Å². The second-order valence-electron chi connectivity index (χ2n) is 6.00. The van der Waals surface area contributed by atoms with Gasteiger partial charge in [-0.1, -0.05) is 31.8 Å². The lowest BCUT2D eigenvalue weighted by molar-refractivity contribution is -0.142. The summed E-state index contributed by atoms with van der Waals surface area (Å²) in [7, 11) is 0. The van der Waals surface area contributed by atoms with E-state index >= 15 is 0 Å². The molecule has 1 saturated carbocycles. The number of hydrogen-bond donors (Lipinski definition) is 2. The van der Waals surface area contributed by atoms with Crippen molar-refractivity contribution >= 4 is 11.7 Å². The van der Waals surface area contributed by atoms with Crippen molar-refractivity contribution in [2.75, 3.05) is 13.1 Å². The summed E-state index contributed by atoms with van der Waals surface area (Å²) >= 11 is 0. The van der Waals surface area contributed by atoms with Crippen LogP contribution >= 0.6 is 0 Å². The Balaban J connectivity index is 2.85. The largest absolute Gasteiger partial charge is 0.409 e. The normalized spacial score (nSPS) is 18.8. The van der Waals surface area contributed by atoms with Gasteiger partial charge in [-0.3, -0.25) is 4.79 Å². The highest BCUT2D eigenvalue weighted by molar-refractivity contribution is 5.89. The van der Waals surface area contributed by atoms with Crippen LogP contribution < -0.4 is 5.73 Å². The molecule has 19 heavy (non-hydrogen) atoms. The number of hydrogen-bond acceptors (Lipinski definition) is 3. The second-order valence-corrected chi connectivity index (χ2v) is 6.00. The van der Waals surface area contributed by atoms with Crippen molar-refractivity contribution in [1.29, 1.82) is 0 Å². The van der Waals surface area contributed by atoms with Crippen LogP contribution in [0, 0.1) is 11.3 Å². The van der Waals surface area contributed by atoms with Crippen molar-refractivity contribution < 1.29 is 10.0 Å². The quantitative estimate of drug-likeness (QED) is 0.336. The van der Waals surface area contributed by atoms with E-state index in [1.807, 2.05) is 6.92 Å². The minimum absolute atomic E-state index is 0.0906. The van der Waals surface area contributed by atoms with Crippen molar-refractivity contribution in [3.05, 3.63) is 0 Å². The van der Waals surface area contributed by atoms with Gasteiger partial charge in [0, 0.05) is 12.0 Å². The number of oxime groups is 1. The van der Waals surface area contributed by atoms with Crippen LogP contribution in [0.2, 0.25) is 0 Å². The summed E-state index contributed by atoms with van der Waals surface area (Å²) in [4.78, 5) is 14.5. The first-order valence-electron chi connectivity index (χ1n) is 7.21. The van der Waals surface area contributed by atoms with E-state index in [9.17, 15) is 4.79 Å². The summed E-state index contributed by atoms with van der Waals surface area (Å²) in [5.41, 5.74) is 5.31. The third-order valence-corrected chi connectivity index (χ3v) is 3.96. The molecule has 1 fully saturated rings. The number of nitrogens with zero attached hydrogens (tertiary/aromatic N) is 2. The van der Waals surface area contributed by atoms with Gasteiger partial charge in [-0.25, -0.2) is 0 Å². The minimum Gasteiger partial charge on any atom is -0.409 e. The molecule has 0 radical (unpaired) electrons. The number of amidine groups is 1. The minimum atomic E-state index is -0.222. The van der Waals surface area contributed by atoms with Gasteiger partial charge in [-0.2, -0.15) is 0 Å². The molecule has 5 heteroatoms. The lowest BCUT2D eigenvalue weighted by atomic mass is 9.77. The lowest BCUT2D eigenvalue weighted by Gasteiger charge is -2.35. The van der Waals surface area contributed by atoms with Crippen LogP contribution in [-0.2, 0) is 4.79 Å². The molecule has 0 aliphatic heterocycles. The molecule has 0 unspecified atom stereocenters. The van der Waals surface area contributed by atoms with Crippen LogP contribution in [-0.4, -0.2) is 34.9 Å². The maximum absolute atomic E-state index is 12.8. The van der Waals surface area contributed by atoms with Gasteiger partial charge < -0.3 is 15.8 Å². The van der Waals surface area contributed by atoms with Crippen molar-refractivity contribution in [2.24, 2.45) is 22.2 Å². The van der Waals surface area contributed by atoms with Gasteiger partial charge in [0.05, 0.1) is 6.54 Å². The molecule has 0 saturated heterocycles. The molecule has 5 nitrogen and oxygen atoms in total.